The first kappa shape index (κ1) is 23.8. The third kappa shape index (κ3) is 5.41. The van der Waals surface area contributed by atoms with Gasteiger partial charge in [-0.05, 0) is 52.0 Å². The standard InChI is InChI=1S/C22H34O5/c1-9-12(2)19(25)16(6)21(26)22(7,8)17(23)11-18(24)27-20-14(4)10-13(3)15(20)5/h1,4,12,14,16-17,19-20,23,25H,9-11H2,2-3,5-8H3/t12-,14+,16+,17-,19-,20-/m0/s1. The molecule has 0 aromatic heterocycles. The number of carbonyl (C=O) groups is 2. The molecule has 0 aromatic carbocycles. The fourth-order valence-electron chi connectivity index (χ4n) is 3.50. The molecule has 0 spiro atoms. The zero-order chi connectivity index (χ0) is 21.1. The maximum absolute atomic E-state index is 12.8. The molecule has 5 nitrogen and oxygen atoms in total. The molecule has 1 rings (SSSR count). The van der Waals surface area contributed by atoms with Crippen LogP contribution in [0, 0.1) is 37.0 Å². The van der Waals surface area contributed by atoms with E-state index in [9.17, 15) is 19.8 Å². The van der Waals surface area contributed by atoms with Crippen molar-refractivity contribution in [2.45, 2.75) is 79.1 Å². The van der Waals surface area contributed by atoms with E-state index in [0.717, 1.165) is 11.1 Å². The summed E-state index contributed by atoms with van der Waals surface area (Å²) in [5, 5.41) is 20.8. The molecule has 27 heavy (non-hydrogen) atoms. The van der Waals surface area contributed by atoms with Crippen molar-refractivity contribution in [1.29, 1.82) is 0 Å². The van der Waals surface area contributed by atoms with Gasteiger partial charge >= 0.3 is 5.97 Å². The SMILES string of the molecule is [CH]C[C@H](C)[C@H](O)[C@@H](C)C(=O)C(C)(C)[C@@H](O)CC(=O)O[C@@H]1C(C)=C(C)C[C@H]1[CH]. The third-order valence-electron chi connectivity index (χ3n) is 6.00. The topological polar surface area (TPSA) is 83.8 Å². The first-order chi connectivity index (χ1) is 12.3. The number of hydrogen-bond donors (Lipinski definition) is 2. The molecule has 4 radical (unpaired) electrons. The van der Waals surface area contributed by atoms with Gasteiger partial charge in [-0.3, -0.25) is 9.59 Å². The molecule has 1 aliphatic rings. The van der Waals surface area contributed by atoms with Gasteiger partial charge in [0.15, 0.2) is 0 Å². The van der Waals surface area contributed by atoms with E-state index in [2.05, 4.69) is 0 Å². The Morgan fingerprint density at radius 1 is 1.26 bits per heavy atom. The molecule has 5 heteroatoms. The first-order valence-corrected chi connectivity index (χ1v) is 9.56. The van der Waals surface area contributed by atoms with E-state index >= 15 is 0 Å². The number of aliphatic hydroxyl groups excluding tert-OH is 2. The average Bonchev–Trinajstić information content (AvgIpc) is 2.84. The highest BCUT2D eigenvalue weighted by Gasteiger charge is 2.42. The summed E-state index contributed by atoms with van der Waals surface area (Å²) >= 11 is 0. The smallest absolute Gasteiger partial charge is 0.309 e. The minimum Gasteiger partial charge on any atom is -0.457 e. The summed E-state index contributed by atoms with van der Waals surface area (Å²) in [6.07, 6.45) is -2.03. The maximum atomic E-state index is 12.8. The zero-order valence-corrected chi connectivity index (χ0v) is 17.4. The Labute approximate surface area is 164 Å². The summed E-state index contributed by atoms with van der Waals surface area (Å²) in [6, 6.07) is 0. The normalized spacial score (nSPS) is 25.1. The summed E-state index contributed by atoms with van der Waals surface area (Å²) in [7, 11) is 0. The van der Waals surface area contributed by atoms with Crippen molar-refractivity contribution in [3.63, 3.8) is 0 Å². The van der Waals surface area contributed by atoms with Crippen LogP contribution in [0.4, 0.5) is 0 Å². The van der Waals surface area contributed by atoms with E-state index in [-0.39, 0.29) is 30.5 Å². The number of aliphatic hydroxyl groups is 2. The lowest BCUT2D eigenvalue weighted by Gasteiger charge is -2.34. The summed E-state index contributed by atoms with van der Waals surface area (Å²) in [4.78, 5) is 25.1. The predicted octanol–water partition coefficient (Wildman–Crippen LogP) is 3.05. The van der Waals surface area contributed by atoms with Gasteiger partial charge in [-0.1, -0.05) is 33.3 Å². The molecule has 0 unspecified atom stereocenters. The third-order valence-corrected chi connectivity index (χ3v) is 6.00. The van der Waals surface area contributed by atoms with E-state index in [1.165, 1.54) is 0 Å². The highest BCUT2D eigenvalue weighted by Crippen LogP contribution is 2.34. The van der Waals surface area contributed by atoms with Gasteiger partial charge in [0.1, 0.15) is 11.9 Å². The predicted molar refractivity (Wildman–Crippen MR) is 103 cm³/mol. The lowest BCUT2D eigenvalue weighted by atomic mass is 9.73. The molecule has 0 saturated heterocycles. The van der Waals surface area contributed by atoms with Crippen LogP contribution in [-0.4, -0.2) is 40.3 Å². The van der Waals surface area contributed by atoms with Crippen molar-refractivity contribution in [1.82, 2.24) is 0 Å². The van der Waals surface area contributed by atoms with Gasteiger partial charge in [-0.15, -0.1) is 0 Å². The molecular formula is C22H34O5. The minimum absolute atomic E-state index is 0.247. The first-order valence-electron chi connectivity index (χ1n) is 9.56. The van der Waals surface area contributed by atoms with Crippen LogP contribution < -0.4 is 0 Å². The monoisotopic (exact) mass is 378 g/mol. The molecule has 0 heterocycles. The van der Waals surface area contributed by atoms with Gasteiger partial charge in [0.2, 0.25) is 0 Å². The number of Topliss-reactive ketones (excluding diaryl/α,β-unsaturated/α-hetero) is 1. The Morgan fingerprint density at radius 2 is 1.81 bits per heavy atom. The van der Waals surface area contributed by atoms with Gasteiger partial charge in [0, 0.05) is 11.8 Å². The summed E-state index contributed by atoms with van der Waals surface area (Å²) < 4.78 is 5.46. The van der Waals surface area contributed by atoms with E-state index in [4.69, 9.17) is 18.6 Å². The molecule has 0 bridgehead atoms. The summed E-state index contributed by atoms with van der Waals surface area (Å²) in [5.41, 5.74) is 0.827. The van der Waals surface area contributed by atoms with Gasteiger partial charge in [0.05, 0.1) is 24.0 Å². The quantitative estimate of drug-likeness (QED) is 0.476. The molecule has 0 aromatic rings. The number of carbonyl (C=O) groups excluding carboxylic acids is 2. The fourth-order valence-corrected chi connectivity index (χ4v) is 3.50. The second kappa shape index (κ2) is 9.33. The highest BCUT2D eigenvalue weighted by molar-refractivity contribution is 5.88. The molecule has 0 fully saturated rings. The van der Waals surface area contributed by atoms with Crippen molar-refractivity contribution in [2.75, 3.05) is 0 Å². The number of ether oxygens (including phenoxy) is 1. The maximum Gasteiger partial charge on any atom is 0.309 e. The second-order valence-corrected chi connectivity index (χ2v) is 8.54. The number of ketones is 1. The molecule has 2 N–H and O–H groups in total. The van der Waals surface area contributed by atoms with E-state index < -0.39 is 35.6 Å². The van der Waals surface area contributed by atoms with Crippen molar-refractivity contribution in [3.8, 4) is 0 Å². The van der Waals surface area contributed by atoms with Crippen LogP contribution in [0.2, 0.25) is 0 Å². The van der Waals surface area contributed by atoms with Gasteiger partial charge < -0.3 is 14.9 Å². The fraction of sp³-hybridized carbons (Fsp3) is 0.727. The lowest BCUT2D eigenvalue weighted by molar-refractivity contribution is -0.155. The van der Waals surface area contributed by atoms with Crippen LogP contribution in [0.3, 0.4) is 0 Å². The minimum atomic E-state index is -1.23. The van der Waals surface area contributed by atoms with Crippen molar-refractivity contribution >= 4 is 11.8 Å². The van der Waals surface area contributed by atoms with Crippen LogP contribution in [0.15, 0.2) is 11.1 Å². The zero-order valence-electron chi connectivity index (χ0n) is 17.4. The lowest BCUT2D eigenvalue weighted by Crippen LogP contribution is -2.45. The summed E-state index contributed by atoms with van der Waals surface area (Å²) in [6.45, 7) is 21.9. The van der Waals surface area contributed by atoms with Crippen molar-refractivity contribution in [3.05, 3.63) is 25.0 Å². The second-order valence-electron chi connectivity index (χ2n) is 8.54. The van der Waals surface area contributed by atoms with Crippen LogP contribution in [0.1, 0.15) is 60.8 Å². The highest BCUT2D eigenvalue weighted by atomic mass is 16.5. The molecule has 152 valence electrons. The molecule has 0 aliphatic heterocycles. The largest absolute Gasteiger partial charge is 0.457 e. The molecule has 6 atom stereocenters. The Hall–Kier alpha value is -1.20. The van der Waals surface area contributed by atoms with Gasteiger partial charge in [-0.25, -0.2) is 0 Å². The Kier molecular flexibility index (Phi) is 8.24. The Morgan fingerprint density at radius 3 is 2.26 bits per heavy atom. The molecule has 0 amide bonds. The number of esters is 1. The van der Waals surface area contributed by atoms with Gasteiger partial charge in [0.25, 0.3) is 0 Å². The Bertz CT molecular complexity index is 577. The van der Waals surface area contributed by atoms with Crippen molar-refractivity contribution < 1.29 is 24.5 Å². The average molecular weight is 379 g/mol. The van der Waals surface area contributed by atoms with Crippen LogP contribution in [-0.2, 0) is 14.3 Å². The van der Waals surface area contributed by atoms with E-state index in [1.54, 1.807) is 27.7 Å². The Balaban J connectivity index is 2.75. The van der Waals surface area contributed by atoms with Crippen LogP contribution in [0.5, 0.6) is 0 Å². The number of allylic oxidation sites excluding steroid dienone is 1. The van der Waals surface area contributed by atoms with Crippen LogP contribution >= 0.6 is 0 Å². The number of hydrogen-bond acceptors (Lipinski definition) is 5. The molecular weight excluding hydrogens is 344 g/mol. The van der Waals surface area contributed by atoms with E-state index in [0.29, 0.717) is 6.42 Å². The van der Waals surface area contributed by atoms with E-state index in [1.807, 2.05) is 13.8 Å². The van der Waals surface area contributed by atoms with Crippen LogP contribution in [0.25, 0.3) is 0 Å². The molecule has 0 saturated carbocycles. The molecule has 1 aliphatic carbocycles. The number of rotatable bonds is 9. The van der Waals surface area contributed by atoms with Gasteiger partial charge in [-0.2, -0.15) is 0 Å². The van der Waals surface area contributed by atoms with Crippen molar-refractivity contribution in [2.24, 2.45) is 23.2 Å². The summed E-state index contributed by atoms with van der Waals surface area (Å²) in [5.74, 6) is -2.15.